The predicted molar refractivity (Wildman–Crippen MR) is 63.7 cm³/mol. The van der Waals surface area contributed by atoms with Crippen LogP contribution in [0.3, 0.4) is 0 Å². The maximum Gasteiger partial charge on any atom is 0.275 e. The Balaban J connectivity index is 1.83. The number of hydrogen-bond acceptors (Lipinski definition) is 5. The monoisotopic (exact) mass is 246 g/mol. The summed E-state index contributed by atoms with van der Waals surface area (Å²) in [4.78, 5) is 11.5. The quantitative estimate of drug-likeness (QED) is 0.770. The summed E-state index contributed by atoms with van der Waals surface area (Å²) in [7, 11) is 0. The third-order valence-electron chi connectivity index (χ3n) is 2.34. The van der Waals surface area contributed by atoms with Crippen LogP contribution >= 0.6 is 11.3 Å². The number of aryl methyl sites for hydroxylation is 1. The molecule has 6 heteroatoms. The average Bonchev–Trinajstić information content (AvgIpc) is 2.99. The van der Waals surface area contributed by atoms with Crippen LogP contribution in [-0.4, -0.2) is 20.1 Å². The number of rotatable bonds is 3. The number of thiophene rings is 1. The summed E-state index contributed by atoms with van der Waals surface area (Å²) in [5, 5.41) is 8.06. The fourth-order valence-electron chi connectivity index (χ4n) is 1.54. The van der Waals surface area contributed by atoms with Crippen LogP contribution in [0.15, 0.2) is 27.5 Å². The van der Waals surface area contributed by atoms with Gasteiger partial charge in [0.1, 0.15) is 11.5 Å². The Morgan fingerprint density at radius 1 is 1.47 bits per heavy atom. The van der Waals surface area contributed by atoms with Gasteiger partial charge in [-0.05, 0) is 29.3 Å². The molecule has 5 nitrogen and oxygen atoms in total. The average molecular weight is 246 g/mol. The summed E-state index contributed by atoms with van der Waals surface area (Å²) in [6.07, 6.45) is 2.39. The van der Waals surface area contributed by atoms with Crippen LogP contribution in [0.5, 0.6) is 0 Å². The maximum atomic E-state index is 5.18. The van der Waals surface area contributed by atoms with Gasteiger partial charge in [0, 0.05) is 6.42 Å². The van der Waals surface area contributed by atoms with Gasteiger partial charge in [-0.2, -0.15) is 16.3 Å². The number of hydrogen-bond donors (Lipinski definition) is 1. The minimum atomic E-state index is 0.482. The lowest BCUT2D eigenvalue weighted by atomic mass is 10.2. The number of imidazole rings is 1. The third kappa shape index (κ3) is 2.12. The van der Waals surface area contributed by atoms with Crippen molar-refractivity contribution in [2.45, 2.75) is 13.3 Å². The van der Waals surface area contributed by atoms with Crippen molar-refractivity contribution in [3.05, 3.63) is 40.2 Å². The second kappa shape index (κ2) is 4.14. The molecular formula is C11H10N4OS. The van der Waals surface area contributed by atoms with Crippen LogP contribution < -0.4 is 0 Å². The van der Waals surface area contributed by atoms with Gasteiger partial charge in [0.25, 0.3) is 5.89 Å². The van der Waals surface area contributed by atoms with E-state index in [0.29, 0.717) is 18.1 Å². The zero-order valence-electron chi connectivity index (χ0n) is 9.17. The van der Waals surface area contributed by atoms with Crippen LogP contribution in [0, 0.1) is 6.92 Å². The SMILES string of the molecule is Cc1ncc(-c2nc(Cc3ccsc3)no2)[nH]1. The predicted octanol–water partition coefficient (Wildman–Crippen LogP) is 2.42. The van der Waals surface area contributed by atoms with E-state index in [1.807, 2.05) is 12.3 Å². The molecule has 0 fully saturated rings. The molecule has 17 heavy (non-hydrogen) atoms. The highest BCUT2D eigenvalue weighted by Gasteiger charge is 2.11. The molecule has 0 radical (unpaired) electrons. The molecule has 3 rings (SSSR count). The van der Waals surface area contributed by atoms with Crippen LogP contribution in [0.1, 0.15) is 17.2 Å². The lowest BCUT2D eigenvalue weighted by Crippen LogP contribution is -1.88. The highest BCUT2D eigenvalue weighted by atomic mass is 32.1. The molecule has 0 aromatic carbocycles. The van der Waals surface area contributed by atoms with Gasteiger partial charge in [0.2, 0.25) is 0 Å². The van der Waals surface area contributed by atoms with Gasteiger partial charge in [-0.3, -0.25) is 0 Å². The number of aromatic amines is 1. The van der Waals surface area contributed by atoms with E-state index in [1.165, 1.54) is 5.56 Å². The van der Waals surface area contributed by atoms with E-state index >= 15 is 0 Å². The molecule has 0 bridgehead atoms. The summed E-state index contributed by atoms with van der Waals surface area (Å²) in [5.74, 6) is 2.00. The van der Waals surface area contributed by atoms with E-state index in [4.69, 9.17) is 4.52 Å². The van der Waals surface area contributed by atoms with Crippen molar-refractivity contribution in [2.75, 3.05) is 0 Å². The van der Waals surface area contributed by atoms with Gasteiger partial charge in [-0.15, -0.1) is 0 Å². The number of nitrogens with one attached hydrogen (secondary N) is 1. The minimum Gasteiger partial charge on any atom is -0.338 e. The normalized spacial score (nSPS) is 10.9. The van der Waals surface area contributed by atoms with E-state index in [-0.39, 0.29) is 0 Å². The van der Waals surface area contributed by atoms with Gasteiger partial charge >= 0.3 is 0 Å². The van der Waals surface area contributed by atoms with Crippen molar-refractivity contribution < 1.29 is 4.52 Å². The molecule has 0 atom stereocenters. The minimum absolute atomic E-state index is 0.482. The van der Waals surface area contributed by atoms with E-state index in [1.54, 1.807) is 17.5 Å². The first kappa shape index (κ1) is 10.2. The zero-order chi connectivity index (χ0) is 11.7. The van der Waals surface area contributed by atoms with Gasteiger partial charge in [0.15, 0.2) is 5.82 Å². The first-order valence-electron chi connectivity index (χ1n) is 5.17. The topological polar surface area (TPSA) is 67.6 Å². The second-order valence-electron chi connectivity index (χ2n) is 3.71. The Bertz CT molecular complexity index is 611. The molecule has 3 aromatic rings. The van der Waals surface area contributed by atoms with Gasteiger partial charge < -0.3 is 9.51 Å². The second-order valence-corrected chi connectivity index (χ2v) is 4.49. The maximum absolute atomic E-state index is 5.18. The summed E-state index contributed by atoms with van der Waals surface area (Å²) in [5.41, 5.74) is 1.95. The van der Waals surface area contributed by atoms with Crippen molar-refractivity contribution in [1.82, 2.24) is 20.1 Å². The number of aromatic nitrogens is 4. The van der Waals surface area contributed by atoms with Crippen molar-refractivity contribution in [2.24, 2.45) is 0 Å². The molecule has 0 aliphatic heterocycles. The summed E-state index contributed by atoms with van der Waals surface area (Å²) >= 11 is 1.66. The molecule has 0 aliphatic carbocycles. The Morgan fingerprint density at radius 2 is 2.41 bits per heavy atom. The standard InChI is InChI=1S/C11H10N4OS/c1-7-12-5-9(13-7)11-14-10(15-16-11)4-8-2-3-17-6-8/h2-3,5-6H,4H2,1H3,(H,12,13). The van der Waals surface area contributed by atoms with Gasteiger partial charge in [-0.25, -0.2) is 4.98 Å². The Labute approximate surface area is 102 Å². The number of nitrogens with zero attached hydrogens (tertiary/aromatic N) is 3. The smallest absolute Gasteiger partial charge is 0.275 e. The molecule has 86 valence electrons. The molecule has 0 amide bonds. The molecule has 0 unspecified atom stereocenters. The lowest BCUT2D eigenvalue weighted by Gasteiger charge is -1.87. The molecular weight excluding hydrogens is 236 g/mol. The number of H-pyrrole nitrogens is 1. The third-order valence-corrected chi connectivity index (χ3v) is 3.08. The molecule has 0 aliphatic rings. The van der Waals surface area contributed by atoms with Gasteiger partial charge in [-0.1, -0.05) is 5.16 Å². The van der Waals surface area contributed by atoms with Crippen molar-refractivity contribution in [1.29, 1.82) is 0 Å². The highest BCUT2D eigenvalue weighted by molar-refractivity contribution is 7.07. The summed E-state index contributed by atoms with van der Waals surface area (Å²) < 4.78 is 5.18. The largest absolute Gasteiger partial charge is 0.338 e. The first-order valence-corrected chi connectivity index (χ1v) is 6.11. The van der Waals surface area contributed by atoms with E-state index in [2.05, 4.69) is 31.6 Å². The highest BCUT2D eigenvalue weighted by Crippen LogP contribution is 2.16. The molecule has 1 N–H and O–H groups in total. The van der Waals surface area contributed by atoms with Crippen molar-refractivity contribution >= 4 is 11.3 Å². The summed E-state index contributed by atoms with van der Waals surface area (Å²) in [6, 6.07) is 2.06. The Kier molecular flexibility index (Phi) is 2.49. The Hall–Kier alpha value is -1.95. The van der Waals surface area contributed by atoms with E-state index < -0.39 is 0 Å². The molecule has 0 saturated carbocycles. The zero-order valence-corrected chi connectivity index (χ0v) is 9.99. The Morgan fingerprint density at radius 3 is 3.12 bits per heavy atom. The molecule has 3 heterocycles. The fourth-order valence-corrected chi connectivity index (χ4v) is 2.21. The summed E-state index contributed by atoms with van der Waals surface area (Å²) in [6.45, 7) is 1.88. The fraction of sp³-hybridized carbons (Fsp3) is 0.182. The van der Waals surface area contributed by atoms with Gasteiger partial charge in [0.05, 0.1) is 6.20 Å². The molecule has 0 spiro atoms. The van der Waals surface area contributed by atoms with E-state index in [0.717, 1.165) is 11.5 Å². The molecule has 3 aromatic heterocycles. The van der Waals surface area contributed by atoms with Crippen LogP contribution in [-0.2, 0) is 6.42 Å². The van der Waals surface area contributed by atoms with Crippen LogP contribution in [0.25, 0.3) is 11.6 Å². The van der Waals surface area contributed by atoms with Crippen molar-refractivity contribution in [3.63, 3.8) is 0 Å². The lowest BCUT2D eigenvalue weighted by molar-refractivity contribution is 0.423. The van der Waals surface area contributed by atoms with Crippen molar-refractivity contribution in [3.8, 4) is 11.6 Å². The first-order chi connectivity index (χ1) is 8.31. The van der Waals surface area contributed by atoms with Crippen LogP contribution in [0.2, 0.25) is 0 Å². The molecule has 0 saturated heterocycles. The van der Waals surface area contributed by atoms with E-state index in [9.17, 15) is 0 Å². The van der Waals surface area contributed by atoms with Crippen LogP contribution in [0.4, 0.5) is 0 Å².